The standard InChI is InChI=1S/C30H18BrN3.C16H8Br2.C14H11N3/c31-25-16-12-19-11-15-24-27(17-13-20-10-14-23(25)28(19)29(20)24)34(22-7-2-1-3-8-22)30-32-18-21-6-4-5-9-26(21)33-30;17-13-8-4-10-2-6-12-14(18)7-3-9-1-5-11(13)16(10)15(9)12;1-2-7-12(8-3-1)16-14-15-10-11-6-4-5-9-13(11)17-14/h1-18H;1-8H;1-10H,(H,15,16,17). The van der Waals surface area contributed by atoms with Crippen LogP contribution in [-0.2, 0) is 0 Å². The van der Waals surface area contributed by atoms with Crippen molar-refractivity contribution in [3.63, 3.8) is 0 Å². The molecule has 0 saturated carbocycles. The highest BCUT2D eigenvalue weighted by Gasteiger charge is 2.21. The third-order valence-corrected chi connectivity index (χ3v) is 14.7. The maximum atomic E-state index is 4.96. The van der Waals surface area contributed by atoms with Gasteiger partial charge >= 0.3 is 0 Å². The largest absolute Gasteiger partial charge is 0.324 e. The van der Waals surface area contributed by atoms with E-state index in [0.29, 0.717) is 11.9 Å². The molecule has 0 aliphatic heterocycles. The van der Waals surface area contributed by atoms with Crippen molar-refractivity contribution in [1.29, 1.82) is 0 Å². The highest BCUT2D eigenvalue weighted by molar-refractivity contribution is 9.11. The van der Waals surface area contributed by atoms with Gasteiger partial charge in [-0.25, -0.2) is 19.9 Å². The van der Waals surface area contributed by atoms with E-state index < -0.39 is 0 Å². The second-order valence-corrected chi connectivity index (χ2v) is 19.3. The number of hydrogen-bond donors (Lipinski definition) is 1. The number of hydrogen-bond acceptors (Lipinski definition) is 6. The van der Waals surface area contributed by atoms with Gasteiger partial charge in [-0.2, -0.15) is 0 Å². The van der Waals surface area contributed by atoms with Crippen LogP contribution in [0.5, 0.6) is 0 Å². The van der Waals surface area contributed by atoms with Gasteiger partial charge in [-0.3, -0.25) is 4.90 Å². The summed E-state index contributed by atoms with van der Waals surface area (Å²) in [5, 5.41) is 20.5. The first-order valence-corrected chi connectivity index (χ1v) is 24.8. The van der Waals surface area contributed by atoms with Crippen LogP contribution in [0.4, 0.5) is 29.0 Å². The smallest absolute Gasteiger partial charge is 0.235 e. The molecular formula is C60H37Br3N6. The molecule has 0 saturated heterocycles. The molecule has 14 rings (SSSR count). The summed E-state index contributed by atoms with van der Waals surface area (Å²) in [4.78, 5) is 20.6. The number of halogens is 3. The Kier molecular flexibility index (Phi) is 11.3. The third-order valence-electron chi connectivity index (χ3n) is 12.6. The molecule has 0 amide bonds. The zero-order valence-electron chi connectivity index (χ0n) is 36.7. The molecule has 0 aliphatic rings. The van der Waals surface area contributed by atoms with Crippen LogP contribution < -0.4 is 10.2 Å². The Morgan fingerprint density at radius 3 is 1.32 bits per heavy atom. The van der Waals surface area contributed by atoms with Crippen molar-refractivity contribution >= 4 is 163 Å². The summed E-state index contributed by atoms with van der Waals surface area (Å²) < 4.78 is 3.42. The van der Waals surface area contributed by atoms with Gasteiger partial charge in [0.15, 0.2) is 0 Å². The summed E-state index contributed by atoms with van der Waals surface area (Å²) in [7, 11) is 0. The Labute approximate surface area is 422 Å². The predicted molar refractivity (Wildman–Crippen MR) is 300 cm³/mol. The molecule has 14 aromatic rings. The molecule has 0 bridgehead atoms. The average molecular weight is 1080 g/mol. The van der Waals surface area contributed by atoms with Crippen LogP contribution in [0.3, 0.4) is 0 Å². The lowest BCUT2D eigenvalue weighted by molar-refractivity contribution is 1.11. The molecule has 0 atom stereocenters. The van der Waals surface area contributed by atoms with Crippen LogP contribution in [-0.4, -0.2) is 19.9 Å². The van der Waals surface area contributed by atoms with Gasteiger partial charge in [0.05, 0.1) is 16.7 Å². The topological polar surface area (TPSA) is 66.8 Å². The first kappa shape index (κ1) is 42.8. The molecule has 1 N–H and O–H groups in total. The molecule has 0 aliphatic carbocycles. The van der Waals surface area contributed by atoms with Crippen molar-refractivity contribution in [2.24, 2.45) is 0 Å². The first-order valence-electron chi connectivity index (χ1n) is 22.4. The van der Waals surface area contributed by atoms with E-state index in [4.69, 9.17) is 9.97 Å². The average Bonchev–Trinajstić information content (AvgIpc) is 3.40. The number of aromatic nitrogens is 4. The van der Waals surface area contributed by atoms with Crippen molar-refractivity contribution in [2.75, 3.05) is 10.2 Å². The number of anilines is 5. The molecule has 0 spiro atoms. The van der Waals surface area contributed by atoms with E-state index in [1.165, 1.54) is 64.6 Å². The molecule has 2 heterocycles. The first-order chi connectivity index (χ1) is 33.9. The zero-order valence-corrected chi connectivity index (χ0v) is 41.4. The summed E-state index contributed by atoms with van der Waals surface area (Å²) >= 11 is 11.1. The van der Waals surface area contributed by atoms with Crippen molar-refractivity contribution < 1.29 is 0 Å². The second-order valence-electron chi connectivity index (χ2n) is 16.7. The SMILES string of the molecule is Brc1ccc2ccc3c(Br)ccc4ccc1c2c43.Brc1ccc2ccc3c(N(c4ccccc4)c4ncc5ccccc5n4)ccc4ccc1c2c43.c1ccc(Nc2ncc3ccccc3n2)cc1. The van der Waals surface area contributed by atoms with E-state index >= 15 is 0 Å². The predicted octanol–water partition coefficient (Wildman–Crippen LogP) is 18.2. The van der Waals surface area contributed by atoms with Crippen molar-refractivity contribution in [2.45, 2.75) is 0 Å². The highest BCUT2D eigenvalue weighted by atomic mass is 79.9. The minimum atomic E-state index is 0.620. The Balaban J connectivity index is 0.000000118. The van der Waals surface area contributed by atoms with Gasteiger partial charge in [-0.15, -0.1) is 0 Å². The fraction of sp³-hybridized carbons (Fsp3) is 0. The van der Waals surface area contributed by atoms with Crippen LogP contribution in [0, 0.1) is 0 Å². The normalized spacial score (nSPS) is 11.4. The number of para-hydroxylation sites is 4. The fourth-order valence-corrected chi connectivity index (χ4v) is 10.8. The number of benzene rings is 12. The molecule has 69 heavy (non-hydrogen) atoms. The maximum absolute atomic E-state index is 4.96. The maximum Gasteiger partial charge on any atom is 0.235 e. The highest BCUT2D eigenvalue weighted by Crippen LogP contribution is 2.45. The van der Waals surface area contributed by atoms with Gasteiger partial charge in [0.25, 0.3) is 0 Å². The zero-order chi connectivity index (χ0) is 46.4. The summed E-state index contributed by atoms with van der Waals surface area (Å²) in [6, 6.07) is 71.2. The summed E-state index contributed by atoms with van der Waals surface area (Å²) in [6.45, 7) is 0. The van der Waals surface area contributed by atoms with Gasteiger partial charge in [0, 0.05) is 53.3 Å². The summed E-state index contributed by atoms with van der Waals surface area (Å²) in [5.74, 6) is 1.27. The van der Waals surface area contributed by atoms with Gasteiger partial charge in [-0.1, -0.05) is 193 Å². The van der Waals surface area contributed by atoms with Gasteiger partial charge in [0.1, 0.15) is 0 Å². The van der Waals surface area contributed by atoms with E-state index in [2.05, 4.69) is 189 Å². The Hall–Kier alpha value is -7.56. The van der Waals surface area contributed by atoms with Crippen LogP contribution in [0.15, 0.2) is 232 Å². The Bertz CT molecular complexity index is 4090. The number of fused-ring (bicyclic) bond motifs is 2. The monoisotopic (exact) mass is 1080 g/mol. The van der Waals surface area contributed by atoms with Gasteiger partial charge in [-0.05, 0) is 120 Å². The van der Waals surface area contributed by atoms with Crippen LogP contribution in [0.2, 0.25) is 0 Å². The minimum Gasteiger partial charge on any atom is -0.324 e. The molecule has 2 aromatic heterocycles. The van der Waals surface area contributed by atoms with E-state index in [1.807, 2.05) is 97.3 Å². The summed E-state index contributed by atoms with van der Waals surface area (Å²) in [6.07, 6.45) is 3.73. The van der Waals surface area contributed by atoms with Crippen LogP contribution >= 0.6 is 47.8 Å². The van der Waals surface area contributed by atoms with Gasteiger partial charge in [0.2, 0.25) is 11.9 Å². The lowest BCUT2D eigenvalue weighted by atomic mass is 9.93. The third kappa shape index (κ3) is 8.02. The second kappa shape index (κ2) is 18.2. The Morgan fingerprint density at radius 2 is 0.768 bits per heavy atom. The summed E-state index contributed by atoms with van der Waals surface area (Å²) in [5.41, 5.74) is 4.94. The lowest BCUT2D eigenvalue weighted by Gasteiger charge is -2.25. The molecule has 0 fully saturated rings. The van der Waals surface area contributed by atoms with E-state index in [9.17, 15) is 0 Å². The van der Waals surface area contributed by atoms with E-state index in [0.717, 1.165) is 52.3 Å². The molecule has 12 aromatic carbocycles. The molecule has 0 unspecified atom stereocenters. The van der Waals surface area contributed by atoms with Crippen molar-refractivity contribution in [3.8, 4) is 0 Å². The minimum absolute atomic E-state index is 0.620. The van der Waals surface area contributed by atoms with Crippen molar-refractivity contribution in [1.82, 2.24) is 19.9 Å². The van der Waals surface area contributed by atoms with Crippen LogP contribution in [0.1, 0.15) is 0 Å². The molecule has 6 nitrogen and oxygen atoms in total. The molecule has 328 valence electrons. The number of nitrogens with zero attached hydrogens (tertiary/aromatic N) is 5. The van der Waals surface area contributed by atoms with E-state index in [-0.39, 0.29) is 0 Å². The van der Waals surface area contributed by atoms with Crippen molar-refractivity contribution in [3.05, 3.63) is 232 Å². The lowest BCUT2D eigenvalue weighted by Crippen LogP contribution is -2.13. The van der Waals surface area contributed by atoms with Gasteiger partial charge < -0.3 is 5.32 Å². The molecule has 9 heteroatoms. The number of nitrogens with one attached hydrogen (secondary N) is 1. The van der Waals surface area contributed by atoms with Crippen LogP contribution in [0.25, 0.3) is 86.4 Å². The quantitative estimate of drug-likeness (QED) is 0.173. The molecule has 0 radical (unpaired) electrons. The number of rotatable bonds is 5. The van der Waals surface area contributed by atoms with E-state index in [1.54, 1.807) is 0 Å². The Morgan fingerprint density at radius 1 is 0.348 bits per heavy atom. The molecular weight excluding hydrogens is 1040 g/mol. The fourth-order valence-electron chi connectivity index (χ4n) is 9.37.